The number of alkyl halides is 3. The highest BCUT2D eigenvalue weighted by Gasteiger charge is 2.33. The van der Waals surface area contributed by atoms with Gasteiger partial charge in [0.25, 0.3) is 0 Å². The molecule has 1 aliphatic heterocycles. The summed E-state index contributed by atoms with van der Waals surface area (Å²) in [6.07, 6.45) is 1.77. The number of nitrogens with one attached hydrogen (secondary N) is 4. The van der Waals surface area contributed by atoms with Gasteiger partial charge in [0.05, 0.1) is 28.8 Å². The lowest BCUT2D eigenvalue weighted by Crippen LogP contribution is -2.43. The standard InChI is InChI=1S/C29H39ClF3N7O4S/c1-20(15-44-19-45(41,42)37-18-29(31,32)33)38-21-5-7-22(8-6-21)39-27-13-23(24(30)14-35-27)25-3-2-4-26(40-25)36-17-28(16-34)9-11-43-12-10-28/h2-4,13-14,20-22,37-38H,5-12,15,17-19H2,1H3,(H,35,39)(H,36,40)/t20-,21?,22?/m0/s1. The quantitative estimate of drug-likeness (QED) is 0.223. The zero-order valence-electron chi connectivity index (χ0n) is 25.0. The number of aromatic nitrogens is 2. The van der Waals surface area contributed by atoms with Crippen LogP contribution in [0.3, 0.4) is 0 Å². The number of pyridine rings is 2. The molecule has 0 unspecified atom stereocenters. The van der Waals surface area contributed by atoms with Gasteiger partial charge in [0, 0.05) is 49.6 Å². The van der Waals surface area contributed by atoms with E-state index in [1.807, 2.05) is 31.2 Å². The molecule has 11 nitrogen and oxygen atoms in total. The van der Waals surface area contributed by atoms with Crippen molar-refractivity contribution < 1.29 is 31.1 Å². The van der Waals surface area contributed by atoms with Crippen molar-refractivity contribution in [1.82, 2.24) is 20.0 Å². The molecule has 1 saturated heterocycles. The number of nitriles is 1. The van der Waals surface area contributed by atoms with Gasteiger partial charge in [-0.25, -0.2) is 23.1 Å². The Labute approximate surface area is 266 Å². The third-order valence-corrected chi connectivity index (χ3v) is 9.24. The molecule has 2 aliphatic rings. The van der Waals surface area contributed by atoms with Crippen LogP contribution in [0.4, 0.5) is 24.8 Å². The van der Waals surface area contributed by atoms with E-state index in [4.69, 9.17) is 26.1 Å². The van der Waals surface area contributed by atoms with E-state index < -0.39 is 34.1 Å². The average Bonchev–Trinajstić information content (AvgIpc) is 3.01. The second-order valence-electron chi connectivity index (χ2n) is 11.6. The molecule has 248 valence electrons. The highest BCUT2D eigenvalue weighted by atomic mass is 35.5. The molecule has 1 saturated carbocycles. The van der Waals surface area contributed by atoms with Gasteiger partial charge in [-0.1, -0.05) is 17.7 Å². The van der Waals surface area contributed by atoms with Crippen LogP contribution in [-0.4, -0.2) is 81.5 Å². The fourth-order valence-electron chi connectivity index (χ4n) is 5.38. The highest BCUT2D eigenvalue weighted by Crippen LogP contribution is 2.32. The van der Waals surface area contributed by atoms with E-state index in [1.54, 1.807) is 6.20 Å². The lowest BCUT2D eigenvalue weighted by molar-refractivity contribution is -0.121. The molecule has 1 aliphatic carbocycles. The molecule has 45 heavy (non-hydrogen) atoms. The third-order valence-electron chi connectivity index (χ3n) is 7.87. The molecular formula is C29H39ClF3N7O4S. The lowest BCUT2D eigenvalue weighted by Gasteiger charge is -2.32. The van der Waals surface area contributed by atoms with Gasteiger partial charge in [0.2, 0.25) is 10.0 Å². The Bertz CT molecular complexity index is 1410. The van der Waals surface area contributed by atoms with Crippen molar-refractivity contribution in [2.45, 2.75) is 69.8 Å². The van der Waals surface area contributed by atoms with Crippen LogP contribution in [0.15, 0.2) is 30.5 Å². The minimum atomic E-state index is -4.63. The number of sulfonamides is 1. The second-order valence-corrected chi connectivity index (χ2v) is 13.8. The van der Waals surface area contributed by atoms with Gasteiger partial charge in [0.15, 0.2) is 5.94 Å². The number of rotatable bonds is 14. The van der Waals surface area contributed by atoms with Crippen molar-refractivity contribution in [3.05, 3.63) is 35.5 Å². The van der Waals surface area contributed by atoms with E-state index >= 15 is 0 Å². The molecule has 0 spiro atoms. The SMILES string of the molecule is C[C@@H](COCS(=O)(=O)NCC(F)(F)F)NC1CCC(Nc2cc(-c3cccc(NCC4(C#N)CCOCC4)n3)c(Cl)cn2)CC1. The second kappa shape index (κ2) is 15.7. The number of nitrogens with zero attached hydrogens (tertiary/aromatic N) is 3. The summed E-state index contributed by atoms with van der Waals surface area (Å²) in [7, 11) is -4.18. The van der Waals surface area contributed by atoms with Crippen molar-refractivity contribution in [2.24, 2.45) is 5.41 Å². The largest absolute Gasteiger partial charge is 0.402 e. The van der Waals surface area contributed by atoms with Gasteiger partial charge in [-0.3, -0.25) is 0 Å². The molecule has 1 atom stereocenters. The van der Waals surface area contributed by atoms with Gasteiger partial charge in [-0.2, -0.15) is 18.4 Å². The Balaban J connectivity index is 1.24. The van der Waals surface area contributed by atoms with Crippen LogP contribution in [-0.2, 0) is 19.5 Å². The van der Waals surface area contributed by atoms with Gasteiger partial charge in [-0.15, -0.1) is 0 Å². The molecule has 2 aromatic heterocycles. The summed E-state index contributed by atoms with van der Waals surface area (Å²) >= 11 is 6.52. The number of ether oxygens (including phenoxy) is 2. The molecular weight excluding hydrogens is 635 g/mol. The smallest absolute Gasteiger partial charge is 0.381 e. The zero-order chi connectivity index (χ0) is 32.5. The summed E-state index contributed by atoms with van der Waals surface area (Å²) in [5, 5.41) is 20.4. The van der Waals surface area contributed by atoms with Crippen LogP contribution in [0.25, 0.3) is 11.3 Å². The first-order valence-electron chi connectivity index (χ1n) is 14.9. The molecule has 2 aromatic rings. The predicted octanol–water partition coefficient (Wildman–Crippen LogP) is 4.69. The van der Waals surface area contributed by atoms with Crippen molar-refractivity contribution >= 4 is 33.3 Å². The van der Waals surface area contributed by atoms with Crippen LogP contribution >= 0.6 is 11.6 Å². The van der Waals surface area contributed by atoms with Crippen LogP contribution in [0, 0.1) is 16.7 Å². The average molecular weight is 674 g/mol. The van der Waals surface area contributed by atoms with Crippen molar-refractivity contribution in [3.63, 3.8) is 0 Å². The maximum absolute atomic E-state index is 12.3. The summed E-state index contributed by atoms with van der Waals surface area (Å²) in [6.45, 7) is 1.88. The number of hydrogen-bond donors (Lipinski definition) is 4. The molecule has 4 rings (SSSR count). The summed E-state index contributed by atoms with van der Waals surface area (Å²) in [5.74, 6) is 0.496. The Morgan fingerprint density at radius 3 is 2.58 bits per heavy atom. The van der Waals surface area contributed by atoms with E-state index in [2.05, 4.69) is 27.0 Å². The topological polar surface area (TPSA) is 150 Å². The van der Waals surface area contributed by atoms with E-state index in [9.17, 15) is 26.9 Å². The van der Waals surface area contributed by atoms with Gasteiger partial charge in [0.1, 0.15) is 18.2 Å². The normalized spacial score (nSPS) is 21.1. The Kier molecular flexibility index (Phi) is 12.3. The van der Waals surface area contributed by atoms with Gasteiger partial charge in [-0.05, 0) is 63.6 Å². The molecule has 0 radical (unpaired) electrons. The Morgan fingerprint density at radius 1 is 1.18 bits per heavy atom. The summed E-state index contributed by atoms with van der Waals surface area (Å²) < 4.78 is 72.1. The molecule has 4 N–H and O–H groups in total. The molecule has 0 aromatic carbocycles. The summed E-state index contributed by atoms with van der Waals surface area (Å²) in [5.41, 5.74) is 0.935. The van der Waals surface area contributed by atoms with Crippen LogP contribution in [0.1, 0.15) is 45.4 Å². The first-order chi connectivity index (χ1) is 21.4. The number of anilines is 2. The first-order valence-corrected chi connectivity index (χ1v) is 16.9. The summed E-state index contributed by atoms with van der Waals surface area (Å²) in [6, 6.07) is 10.2. The molecule has 2 fully saturated rings. The maximum atomic E-state index is 12.3. The van der Waals surface area contributed by atoms with E-state index in [-0.39, 0.29) is 24.7 Å². The minimum absolute atomic E-state index is 0.0431. The fourth-order valence-corrected chi connectivity index (χ4v) is 6.36. The fraction of sp³-hybridized carbons (Fsp3) is 0.621. The van der Waals surface area contributed by atoms with E-state index in [1.165, 1.54) is 4.72 Å². The van der Waals surface area contributed by atoms with Crippen LogP contribution < -0.4 is 20.7 Å². The molecule has 0 bridgehead atoms. The monoisotopic (exact) mass is 673 g/mol. The zero-order valence-corrected chi connectivity index (χ0v) is 26.6. The lowest BCUT2D eigenvalue weighted by atomic mass is 9.82. The molecule has 0 amide bonds. The summed E-state index contributed by atoms with van der Waals surface area (Å²) in [4.78, 5) is 9.20. The van der Waals surface area contributed by atoms with Crippen molar-refractivity contribution in [1.29, 1.82) is 5.26 Å². The minimum Gasteiger partial charge on any atom is -0.381 e. The number of hydrogen-bond acceptors (Lipinski definition) is 10. The predicted molar refractivity (Wildman–Crippen MR) is 165 cm³/mol. The maximum Gasteiger partial charge on any atom is 0.402 e. The highest BCUT2D eigenvalue weighted by molar-refractivity contribution is 7.89. The van der Waals surface area contributed by atoms with Crippen LogP contribution in [0.2, 0.25) is 5.02 Å². The Morgan fingerprint density at radius 2 is 1.89 bits per heavy atom. The van der Waals surface area contributed by atoms with Gasteiger partial charge < -0.3 is 25.4 Å². The Hall–Kier alpha value is -2.74. The van der Waals surface area contributed by atoms with E-state index in [0.717, 1.165) is 31.2 Å². The van der Waals surface area contributed by atoms with Crippen molar-refractivity contribution in [2.75, 3.05) is 49.5 Å². The first kappa shape index (κ1) is 35.1. The van der Waals surface area contributed by atoms with E-state index in [0.29, 0.717) is 55.0 Å². The third kappa shape index (κ3) is 11.2. The van der Waals surface area contributed by atoms with Crippen LogP contribution in [0.5, 0.6) is 0 Å². The van der Waals surface area contributed by atoms with Gasteiger partial charge >= 0.3 is 6.18 Å². The molecule has 16 heteroatoms. The van der Waals surface area contributed by atoms with Crippen molar-refractivity contribution in [3.8, 4) is 17.3 Å². The molecule has 3 heterocycles. The number of halogens is 4.